The second kappa shape index (κ2) is 26.4. The molecule has 7 rings (SSSR count). The van der Waals surface area contributed by atoms with E-state index >= 15 is 4.39 Å². The first-order valence-corrected chi connectivity index (χ1v) is 25.0. The molecule has 17 nitrogen and oxygen atoms in total. The fourth-order valence-corrected chi connectivity index (χ4v) is 9.37. The van der Waals surface area contributed by atoms with Crippen molar-refractivity contribution in [3.05, 3.63) is 101 Å². The number of pyridine rings is 1. The third kappa shape index (κ3) is 15.3. The number of hydrogen-bond donors (Lipinski definition) is 5. The number of alkyl carbamates (subject to hydrolysis) is 1. The van der Waals surface area contributed by atoms with Gasteiger partial charge in [-0.05, 0) is 60.7 Å². The molecular formula is C54H68F5N9O8. The largest absolute Gasteiger partial charge is 0.469 e. The molecule has 3 aliphatic rings. The van der Waals surface area contributed by atoms with Crippen LogP contribution in [0.3, 0.4) is 0 Å². The molecular weight excluding hydrogens is 998 g/mol. The molecule has 2 aromatic heterocycles. The summed E-state index contributed by atoms with van der Waals surface area (Å²) < 4.78 is 82.8. The molecule has 3 amide bonds. The number of anilines is 1. The summed E-state index contributed by atoms with van der Waals surface area (Å²) in [6.45, 7) is 5.03. The normalized spacial score (nSPS) is 18.2. The Kier molecular flexibility index (Phi) is 20.3. The highest BCUT2D eigenvalue weighted by Crippen LogP contribution is 2.36. The monoisotopic (exact) mass is 1070 g/mol. The highest BCUT2D eigenvalue weighted by Gasteiger charge is 2.46. The highest BCUT2D eigenvalue weighted by molar-refractivity contribution is 5.87. The number of nitrogens with one attached hydrogen (secondary N) is 3. The summed E-state index contributed by atoms with van der Waals surface area (Å²) in [7, 11) is 2.34. The van der Waals surface area contributed by atoms with E-state index in [1.54, 1.807) is 26.1 Å². The molecule has 2 bridgehead atoms. The van der Waals surface area contributed by atoms with Crippen LogP contribution in [-0.4, -0.2) is 145 Å². The zero-order valence-corrected chi connectivity index (χ0v) is 43.5. The lowest BCUT2D eigenvalue weighted by Gasteiger charge is -2.47. The number of methoxy groups -OCH3 is 2. The molecule has 0 radical (unpaired) electrons. The van der Waals surface area contributed by atoms with Gasteiger partial charge in [-0.25, -0.2) is 18.9 Å². The van der Waals surface area contributed by atoms with Gasteiger partial charge in [0.1, 0.15) is 17.7 Å². The van der Waals surface area contributed by atoms with E-state index < -0.39 is 84.5 Å². The lowest BCUT2D eigenvalue weighted by molar-refractivity contribution is -0.146. The maximum atomic E-state index is 15.1. The number of nitrogens with zero attached hydrogens (tertiary/aromatic N) is 5. The molecule has 6 atom stereocenters. The quantitative estimate of drug-likeness (QED) is 0.0398. The van der Waals surface area contributed by atoms with Gasteiger partial charge < -0.3 is 45.9 Å². The molecule has 2 unspecified atom stereocenters. The Bertz CT molecular complexity index is 2650. The molecule has 3 saturated heterocycles. The molecule has 0 spiro atoms. The van der Waals surface area contributed by atoms with Gasteiger partial charge in [0.15, 0.2) is 0 Å². The van der Waals surface area contributed by atoms with Gasteiger partial charge in [-0.1, -0.05) is 63.8 Å². The van der Waals surface area contributed by atoms with E-state index in [0.29, 0.717) is 33.9 Å². The van der Waals surface area contributed by atoms with Gasteiger partial charge in [0.25, 0.3) is 0 Å². The molecule has 76 heavy (non-hydrogen) atoms. The third-order valence-corrected chi connectivity index (χ3v) is 14.1. The number of halogens is 5. The first-order chi connectivity index (χ1) is 36.2. The molecule has 0 aliphatic carbocycles. The number of fused-ring (bicyclic) bond motifs is 2. The van der Waals surface area contributed by atoms with Gasteiger partial charge in [0.2, 0.25) is 11.8 Å². The summed E-state index contributed by atoms with van der Waals surface area (Å²) in [4.78, 5) is 57.6. The van der Waals surface area contributed by atoms with Crippen LogP contribution in [0.5, 0.6) is 0 Å². The Hall–Kier alpha value is -6.67. The van der Waals surface area contributed by atoms with E-state index in [1.807, 2.05) is 36.4 Å². The van der Waals surface area contributed by atoms with E-state index in [0.717, 1.165) is 62.1 Å². The van der Waals surface area contributed by atoms with Gasteiger partial charge >= 0.3 is 18.6 Å². The number of primary amides is 1. The molecule has 412 valence electrons. The van der Waals surface area contributed by atoms with Crippen molar-refractivity contribution in [2.75, 3.05) is 65.3 Å². The Morgan fingerprint density at radius 1 is 0.868 bits per heavy atom. The number of esters is 1. The minimum absolute atomic E-state index is 0.0123. The van der Waals surface area contributed by atoms with Gasteiger partial charge in [0, 0.05) is 83.7 Å². The molecule has 0 saturated carbocycles. The molecule has 4 aromatic rings. The first-order valence-electron chi connectivity index (χ1n) is 25.0. The van der Waals surface area contributed by atoms with Gasteiger partial charge in [-0.3, -0.25) is 28.1 Å². The minimum Gasteiger partial charge on any atom is -0.469 e. The lowest BCUT2D eigenvalue weighted by Crippen LogP contribution is -2.62. The van der Waals surface area contributed by atoms with E-state index in [9.17, 15) is 41.8 Å². The Morgan fingerprint density at radius 3 is 2.07 bits per heavy atom. The van der Waals surface area contributed by atoms with E-state index in [-0.39, 0.29) is 31.5 Å². The van der Waals surface area contributed by atoms with Crippen molar-refractivity contribution in [3.8, 4) is 23.0 Å². The molecule has 3 fully saturated rings. The van der Waals surface area contributed by atoms with Gasteiger partial charge in [-0.2, -0.15) is 13.9 Å². The first kappa shape index (κ1) is 58.6. The molecule has 22 heteroatoms. The number of carbonyl (C=O) groups excluding carboxylic acids is 4. The fraction of sp³-hybridized carbons (Fsp3) is 0.519. The van der Waals surface area contributed by atoms with Crippen LogP contribution in [0.2, 0.25) is 0 Å². The summed E-state index contributed by atoms with van der Waals surface area (Å²) in [5.74, 6) is 3.89. The number of ether oxygens (including phenoxy) is 3. The molecule has 3 aliphatic heterocycles. The number of piperazine rings is 1. The number of carbonyl (C=O) groups is 4. The predicted molar refractivity (Wildman–Crippen MR) is 273 cm³/mol. The van der Waals surface area contributed by atoms with Gasteiger partial charge in [0.05, 0.1) is 77.5 Å². The SMILES string of the molecule is COC(=O)C[C@H](C(N)=O)C(C)(C)CF.COC(=O)N[C@H](C(=O)N[C@@H](Cc1ccc(C#Cc2ccc(N3CC4CCC(C3)N4C3COC3)nc2)cc1)[C@@H](O)CNCc1ccc(-c2cnn(C(F)F)c2)cc1F)C(C)(C)CF. The zero-order chi connectivity index (χ0) is 55.3. The number of nitrogens with two attached hydrogens (primary N) is 1. The van der Waals surface area contributed by atoms with Crippen LogP contribution >= 0.6 is 0 Å². The van der Waals surface area contributed by atoms with Crippen molar-refractivity contribution >= 4 is 29.7 Å². The smallest absolute Gasteiger partial charge is 0.407 e. The van der Waals surface area contributed by atoms with Crippen LogP contribution in [0.15, 0.2) is 73.2 Å². The maximum absolute atomic E-state index is 15.1. The maximum Gasteiger partial charge on any atom is 0.407 e. The molecule has 2 aromatic carbocycles. The van der Waals surface area contributed by atoms with Crippen LogP contribution in [0.25, 0.3) is 11.1 Å². The number of aliphatic hydroxyl groups excluding tert-OH is 1. The number of amides is 3. The summed E-state index contributed by atoms with van der Waals surface area (Å²) in [5, 5.41) is 23.3. The summed E-state index contributed by atoms with van der Waals surface area (Å²) >= 11 is 0. The van der Waals surface area contributed by atoms with Crippen molar-refractivity contribution in [1.82, 2.24) is 35.6 Å². The second-order valence-corrected chi connectivity index (χ2v) is 20.6. The van der Waals surface area contributed by atoms with Gasteiger partial charge in [-0.15, -0.1) is 0 Å². The van der Waals surface area contributed by atoms with Crippen LogP contribution < -0.4 is 26.6 Å². The highest BCUT2D eigenvalue weighted by atomic mass is 19.3. The Morgan fingerprint density at radius 2 is 1.53 bits per heavy atom. The van der Waals surface area contributed by atoms with Crippen LogP contribution in [0.1, 0.15) is 75.8 Å². The van der Waals surface area contributed by atoms with Crippen molar-refractivity contribution in [3.63, 3.8) is 0 Å². The second-order valence-electron chi connectivity index (χ2n) is 20.6. The predicted octanol–water partition coefficient (Wildman–Crippen LogP) is 5.48. The number of aliphatic hydroxyl groups is 1. The minimum atomic E-state index is -2.83. The topological polar surface area (TPSA) is 216 Å². The number of alkyl halides is 4. The van der Waals surface area contributed by atoms with Crippen molar-refractivity contribution in [2.24, 2.45) is 22.5 Å². The van der Waals surface area contributed by atoms with Crippen molar-refractivity contribution < 1.29 is 60.4 Å². The van der Waals surface area contributed by atoms with E-state index in [1.165, 1.54) is 52.1 Å². The Labute approximate surface area is 439 Å². The Balaban J connectivity index is 0.000000586. The van der Waals surface area contributed by atoms with Crippen LogP contribution in [-0.2, 0) is 41.6 Å². The van der Waals surface area contributed by atoms with Crippen LogP contribution in [0.4, 0.5) is 32.6 Å². The van der Waals surface area contributed by atoms with Crippen LogP contribution in [0, 0.1) is 34.4 Å². The number of hydrogen-bond acceptors (Lipinski definition) is 13. The lowest BCUT2D eigenvalue weighted by atomic mass is 9.77. The van der Waals surface area contributed by atoms with E-state index in [2.05, 4.69) is 52.2 Å². The fourth-order valence-electron chi connectivity index (χ4n) is 9.37. The summed E-state index contributed by atoms with van der Waals surface area (Å²) in [5.41, 5.74) is 6.01. The number of benzene rings is 2. The summed E-state index contributed by atoms with van der Waals surface area (Å²) in [6, 6.07) is 14.9. The summed E-state index contributed by atoms with van der Waals surface area (Å²) in [6.07, 6.45) is 4.33. The zero-order valence-electron chi connectivity index (χ0n) is 43.5. The van der Waals surface area contributed by atoms with Crippen molar-refractivity contribution in [2.45, 2.75) is 103 Å². The molecule has 6 N–H and O–H groups in total. The average Bonchev–Trinajstić information content (AvgIpc) is 3.98. The van der Waals surface area contributed by atoms with Crippen molar-refractivity contribution in [1.29, 1.82) is 0 Å². The standard InChI is InChI=1S/C45H52F4N8O5.C9H16FNO3/c1-45(2,27-46)41(54-44(60)61-3)42(59)53-38(39(58)21-50-19-32-12-11-31(17-37(32)47)33-20-52-56(22-33)43(48)49)16-29-7-4-28(5-8-29)6-9-30-10-15-40(51-18-30)55-23-34-13-14-35(24-55)57(34)36-25-62-26-36;1-9(2,5-10)6(8(11)13)4-7(12)14-3/h4-5,7-8,10-12,15,17-18,20,22,34-36,38-39,41,43,50,58H,13-14,16,19,21,23-27H2,1-3H3,(H,53,59)(H,54,60);6H,4-5H2,1-3H3,(H2,11,13)/t34?,35?,38-,39-,41+;6-/m01/s1. The van der Waals surface area contributed by atoms with E-state index in [4.69, 9.17) is 15.5 Å². The third-order valence-electron chi connectivity index (χ3n) is 14.1. The number of rotatable bonds is 21. The number of aromatic nitrogens is 3. The molecule has 5 heterocycles. The average molecular weight is 1070 g/mol.